The van der Waals surface area contributed by atoms with E-state index in [1.807, 2.05) is 84.9 Å². The summed E-state index contributed by atoms with van der Waals surface area (Å²) < 4.78 is 0. The van der Waals surface area contributed by atoms with Crippen molar-refractivity contribution in [1.29, 1.82) is 0 Å². The van der Waals surface area contributed by atoms with Crippen LogP contribution in [0, 0.1) is 5.92 Å². The van der Waals surface area contributed by atoms with Crippen LogP contribution in [0.2, 0.25) is 0 Å². The first-order valence-corrected chi connectivity index (χ1v) is 45.2. The fourth-order valence-corrected chi connectivity index (χ4v) is 25.5. The van der Waals surface area contributed by atoms with Crippen molar-refractivity contribution < 1.29 is 29.7 Å². The number of carboxylic acid groups (broad SMARTS) is 3. The van der Waals surface area contributed by atoms with Crippen LogP contribution < -0.4 is 15.3 Å². The van der Waals surface area contributed by atoms with Gasteiger partial charge in [-0.2, -0.15) is 0 Å². The SMILES string of the molecule is O=C([O-])C12c3ccccc3C(c3ccccc31)c1ccccc12.O=C([O-])C1CC2(C(=O)[O-])c3ccccc3C1c1ccccc12.c1ccc([S+](c2ccccc2)c2ccccc2)cc1.c1ccc([S+](c2ccccc2)c2ccccc2)cc1.c1ccc([S+](c2ccccc2)c2ccccc2)cc1.c1ccc([S+](c2ccccc2)c2ccccc2)cc1. The van der Waals surface area contributed by atoms with Crippen molar-refractivity contribution in [3.05, 3.63) is 541 Å². The Bertz CT molecular complexity index is 5240. The fourth-order valence-electron chi connectivity index (χ4n) is 17.1. The number of carbonyl (C=O) groups is 3. The van der Waals surface area contributed by atoms with E-state index in [1.54, 1.807) is 36.4 Å². The lowest BCUT2D eigenvalue weighted by molar-refractivity contribution is -0.318. The molecule has 1 atom stereocenters. The third kappa shape index (κ3) is 17.2. The molecule has 10 heteroatoms. The van der Waals surface area contributed by atoms with Gasteiger partial charge in [-0.1, -0.05) is 340 Å². The number of aliphatic carboxylic acids is 3. The van der Waals surface area contributed by atoms with E-state index in [2.05, 4.69) is 364 Å². The third-order valence-electron chi connectivity index (χ3n) is 22.2. The summed E-state index contributed by atoms with van der Waals surface area (Å²) in [5.74, 6) is -4.64. The van der Waals surface area contributed by atoms with Crippen LogP contribution in [-0.4, -0.2) is 17.9 Å². The van der Waals surface area contributed by atoms with Crippen molar-refractivity contribution in [2.75, 3.05) is 0 Å². The van der Waals surface area contributed by atoms with Gasteiger partial charge in [-0.25, -0.2) is 0 Å². The predicted molar refractivity (Wildman–Crippen MR) is 485 cm³/mol. The highest BCUT2D eigenvalue weighted by molar-refractivity contribution is 7.98. The molecule has 0 heterocycles. The Labute approximate surface area is 720 Å². The number of hydrogen-bond donors (Lipinski definition) is 0. The molecule has 6 aliphatic carbocycles. The summed E-state index contributed by atoms with van der Waals surface area (Å²) in [6.45, 7) is 0. The first-order chi connectivity index (χ1) is 59.6. The number of rotatable bonds is 15. The van der Waals surface area contributed by atoms with Gasteiger partial charge in [0.1, 0.15) is 0 Å². The molecule has 0 saturated carbocycles. The van der Waals surface area contributed by atoms with Gasteiger partial charge in [-0.05, 0) is 208 Å². The summed E-state index contributed by atoms with van der Waals surface area (Å²) in [6, 6.07) is 167. The van der Waals surface area contributed by atoms with Crippen LogP contribution in [0.15, 0.2) is 544 Å². The molecule has 17 aromatic rings. The molecule has 0 radical (unpaired) electrons. The highest BCUT2D eigenvalue weighted by Crippen LogP contribution is 2.60. The van der Waals surface area contributed by atoms with E-state index < -0.39 is 34.7 Å². The van der Waals surface area contributed by atoms with E-state index in [-0.39, 0.29) is 61.8 Å². The van der Waals surface area contributed by atoms with E-state index in [1.165, 1.54) is 58.7 Å². The molecule has 1 unspecified atom stereocenters. The van der Waals surface area contributed by atoms with Gasteiger partial charge in [0.15, 0.2) is 58.7 Å². The maximum atomic E-state index is 12.5. The zero-order chi connectivity index (χ0) is 82.8. The lowest BCUT2D eigenvalue weighted by atomic mass is 9.51. The van der Waals surface area contributed by atoms with E-state index >= 15 is 0 Å². The van der Waals surface area contributed by atoms with Gasteiger partial charge in [0.05, 0.1) is 66.3 Å². The molecule has 6 nitrogen and oxygen atoms in total. The molecule has 0 fully saturated rings. The third-order valence-corrected chi connectivity index (χ3v) is 31.1. The van der Waals surface area contributed by atoms with Crippen LogP contribution in [-0.2, 0) is 68.8 Å². The van der Waals surface area contributed by atoms with Crippen molar-refractivity contribution in [1.82, 2.24) is 0 Å². The summed E-state index contributed by atoms with van der Waals surface area (Å²) >= 11 is 0. The monoisotopic (exact) mass is 1640 g/mol. The van der Waals surface area contributed by atoms with Gasteiger partial charge in [0, 0.05) is 23.7 Å². The van der Waals surface area contributed by atoms with Gasteiger partial charge in [0.2, 0.25) is 0 Å². The zero-order valence-corrected chi connectivity index (χ0v) is 69.5. The van der Waals surface area contributed by atoms with Gasteiger partial charge in [-0.3, -0.25) is 0 Å². The highest BCUT2D eigenvalue weighted by atomic mass is 32.2. The normalized spacial score (nSPS) is 16.0. The summed E-state index contributed by atoms with van der Waals surface area (Å²) in [5.41, 5.74) is 5.97. The second-order valence-electron chi connectivity index (χ2n) is 29.2. The Morgan fingerprint density at radius 3 is 0.545 bits per heavy atom. The topological polar surface area (TPSA) is 120 Å². The second kappa shape index (κ2) is 38.5. The van der Waals surface area contributed by atoms with Crippen molar-refractivity contribution in [2.24, 2.45) is 5.92 Å². The first kappa shape index (κ1) is 81.3. The maximum Gasteiger partial charge on any atom is 0.166 e. The van der Waals surface area contributed by atoms with E-state index in [9.17, 15) is 29.7 Å². The van der Waals surface area contributed by atoms with Crippen molar-refractivity contribution in [3.63, 3.8) is 0 Å². The van der Waals surface area contributed by atoms with Crippen LogP contribution in [0.4, 0.5) is 0 Å². The van der Waals surface area contributed by atoms with Gasteiger partial charge in [0.25, 0.3) is 0 Å². The Hall–Kier alpha value is -13.5. The lowest BCUT2D eigenvalue weighted by Crippen LogP contribution is -2.57. The Kier molecular flexibility index (Phi) is 25.9. The van der Waals surface area contributed by atoms with E-state index in [4.69, 9.17) is 0 Å². The Morgan fingerprint density at radius 1 is 0.207 bits per heavy atom. The minimum Gasteiger partial charge on any atom is -0.550 e. The van der Waals surface area contributed by atoms with Crippen molar-refractivity contribution >= 4 is 61.5 Å². The van der Waals surface area contributed by atoms with Gasteiger partial charge in [-0.15, -0.1) is 0 Å². The van der Waals surface area contributed by atoms with Crippen LogP contribution in [0.1, 0.15) is 73.9 Å². The smallest absolute Gasteiger partial charge is 0.166 e. The Balaban J connectivity index is 0.000000108. The van der Waals surface area contributed by atoms with Crippen LogP contribution in [0.5, 0.6) is 0 Å². The number of fused-ring (bicyclic) bond motifs is 1. The van der Waals surface area contributed by atoms with E-state index in [0.717, 1.165) is 44.5 Å². The summed E-state index contributed by atoms with van der Waals surface area (Å²) in [7, 11) is -0.0585. The number of carboxylic acids is 3. The first-order valence-electron chi connectivity index (χ1n) is 40.3. The standard InChI is InChI=1S/C21H14O2.C18H14O4.4C18H15S/c22-20(23)21-16-10-4-1-7-13(16)19(14-8-2-5-11-17(14)21)15-9-3-6-12-18(15)21;19-16(20)12-9-18(17(21)22)13-7-3-1-5-10(13)15(12)11-6-2-4-8-14(11)18;4*1-4-10-16(11-5-1)19(17-12-6-2-7-13-17)18-14-8-3-9-15-18/h1-12,19H,(H,22,23);1-8,12,15H,9H2,(H,19,20)(H,21,22);4*1-15H/q;;4*+1/p-3. The molecule has 6 aliphatic rings. The average molecular weight is 1640 g/mol. The molecule has 17 aromatic carbocycles. The van der Waals surface area contributed by atoms with E-state index in [0.29, 0.717) is 11.1 Å². The predicted octanol–water partition coefficient (Wildman–Crippen LogP) is 21.6. The van der Waals surface area contributed by atoms with Gasteiger partial charge >= 0.3 is 0 Å². The Morgan fingerprint density at radius 2 is 0.372 bits per heavy atom. The van der Waals surface area contributed by atoms with Crippen LogP contribution in [0.25, 0.3) is 0 Å². The summed E-state index contributed by atoms with van der Waals surface area (Å²) in [6.07, 6.45) is -0.0175. The quantitative estimate of drug-likeness (QED) is 0.0943. The molecule has 588 valence electrons. The van der Waals surface area contributed by atoms with Crippen molar-refractivity contribution in [2.45, 2.75) is 87.8 Å². The molecule has 0 N–H and O–H groups in total. The average Bonchev–Trinajstić information content (AvgIpc) is 0.678. The second-order valence-corrected chi connectivity index (χ2v) is 37.3. The van der Waals surface area contributed by atoms with Crippen molar-refractivity contribution in [3.8, 4) is 0 Å². The van der Waals surface area contributed by atoms with Crippen LogP contribution in [0.3, 0.4) is 0 Å². The summed E-state index contributed by atoms with van der Waals surface area (Å²) in [5, 5.41) is 36.2. The zero-order valence-electron chi connectivity index (χ0n) is 66.2. The minimum absolute atomic E-state index is 0.0146. The molecule has 0 amide bonds. The molecule has 0 spiro atoms. The molecule has 0 saturated heterocycles. The summed E-state index contributed by atoms with van der Waals surface area (Å²) in [4.78, 5) is 52.5. The number of benzene rings is 17. The lowest BCUT2D eigenvalue weighted by Gasteiger charge is -2.53. The van der Waals surface area contributed by atoms with Crippen LogP contribution >= 0.6 is 0 Å². The molecule has 121 heavy (non-hydrogen) atoms. The molecular formula is C111H85O6S4+. The molecule has 0 aromatic heterocycles. The molecule has 4 bridgehead atoms. The highest BCUT2D eigenvalue weighted by Gasteiger charge is 2.55. The number of carbonyl (C=O) groups excluding carboxylic acids is 3. The largest absolute Gasteiger partial charge is 0.550 e. The minimum atomic E-state index is -1.41. The molecule has 0 aliphatic heterocycles. The number of hydrogen-bond acceptors (Lipinski definition) is 6. The van der Waals surface area contributed by atoms with Gasteiger partial charge < -0.3 is 29.7 Å². The fraction of sp³-hybridized carbons (Fsp3) is 0.0541. The molecular weight excluding hydrogens is 1560 g/mol. The maximum absolute atomic E-state index is 12.5. The molecule has 23 rings (SSSR count).